The lowest BCUT2D eigenvalue weighted by molar-refractivity contribution is -0.133. The van der Waals surface area contributed by atoms with Crippen LogP contribution in [0.2, 0.25) is 0 Å². The molecular weight excluding hydrogens is 280 g/mol. The second kappa shape index (κ2) is 6.29. The minimum atomic E-state index is 0.262. The Hall–Kier alpha value is -2.18. The number of carbonyl (C=O) groups excluding carboxylic acids is 1. The standard InChI is InChI=1S/C15H22N6O/c1-11(2)12-9-13(15-18-17-10-21(15)19-12)16-6-8-20-7-4-3-5-14(20)22/h9-11,16H,3-8H2,1-2H3. The van der Waals surface area contributed by atoms with Crippen molar-refractivity contribution < 1.29 is 4.79 Å². The van der Waals surface area contributed by atoms with Gasteiger partial charge in [0.15, 0.2) is 0 Å². The first-order chi connectivity index (χ1) is 10.6. The zero-order chi connectivity index (χ0) is 15.5. The predicted octanol–water partition coefficient (Wildman–Crippen LogP) is 1.67. The summed E-state index contributed by atoms with van der Waals surface area (Å²) in [5.74, 6) is 0.592. The molecule has 2 aromatic rings. The van der Waals surface area contributed by atoms with E-state index in [0.717, 1.165) is 43.0 Å². The Balaban J connectivity index is 1.70. The van der Waals surface area contributed by atoms with Crippen molar-refractivity contribution in [1.29, 1.82) is 0 Å². The number of fused-ring (bicyclic) bond motifs is 1. The Bertz CT molecular complexity index is 665. The molecule has 0 aromatic carbocycles. The second-order valence-electron chi connectivity index (χ2n) is 6.00. The summed E-state index contributed by atoms with van der Waals surface area (Å²) in [6.07, 6.45) is 4.42. The van der Waals surface area contributed by atoms with Crippen LogP contribution < -0.4 is 5.32 Å². The molecule has 0 bridgehead atoms. The second-order valence-corrected chi connectivity index (χ2v) is 6.00. The summed E-state index contributed by atoms with van der Waals surface area (Å²) in [5.41, 5.74) is 2.62. The number of aromatic nitrogens is 4. The molecule has 0 spiro atoms. The molecule has 1 amide bonds. The van der Waals surface area contributed by atoms with Crippen molar-refractivity contribution in [2.75, 3.05) is 25.0 Å². The number of carbonyl (C=O) groups is 1. The van der Waals surface area contributed by atoms with E-state index in [-0.39, 0.29) is 5.91 Å². The van der Waals surface area contributed by atoms with E-state index in [1.807, 2.05) is 11.0 Å². The fraction of sp³-hybridized carbons (Fsp3) is 0.600. The number of rotatable bonds is 5. The van der Waals surface area contributed by atoms with Crippen LogP contribution in [0.3, 0.4) is 0 Å². The zero-order valence-electron chi connectivity index (χ0n) is 13.1. The van der Waals surface area contributed by atoms with Crippen molar-refractivity contribution in [3.05, 3.63) is 18.1 Å². The summed E-state index contributed by atoms with van der Waals surface area (Å²) in [6, 6.07) is 2.02. The van der Waals surface area contributed by atoms with Crippen LogP contribution in [0.1, 0.15) is 44.7 Å². The highest BCUT2D eigenvalue weighted by Gasteiger charge is 2.17. The molecule has 3 rings (SSSR count). The van der Waals surface area contributed by atoms with Crippen molar-refractivity contribution in [2.45, 2.75) is 39.0 Å². The van der Waals surface area contributed by atoms with E-state index < -0.39 is 0 Å². The van der Waals surface area contributed by atoms with E-state index in [1.54, 1.807) is 10.8 Å². The fourth-order valence-corrected chi connectivity index (χ4v) is 2.68. The fourth-order valence-electron chi connectivity index (χ4n) is 2.68. The molecule has 7 nitrogen and oxygen atoms in total. The van der Waals surface area contributed by atoms with Gasteiger partial charge in [-0.3, -0.25) is 4.79 Å². The molecule has 7 heteroatoms. The molecule has 22 heavy (non-hydrogen) atoms. The number of hydrogen-bond acceptors (Lipinski definition) is 5. The Labute approximate surface area is 129 Å². The largest absolute Gasteiger partial charge is 0.380 e. The van der Waals surface area contributed by atoms with Gasteiger partial charge < -0.3 is 10.2 Å². The Morgan fingerprint density at radius 1 is 1.36 bits per heavy atom. The van der Waals surface area contributed by atoms with Gasteiger partial charge in [-0.15, -0.1) is 10.2 Å². The highest BCUT2D eigenvalue weighted by Crippen LogP contribution is 2.20. The Morgan fingerprint density at radius 2 is 2.23 bits per heavy atom. The smallest absolute Gasteiger partial charge is 0.222 e. The first-order valence-corrected chi connectivity index (χ1v) is 7.88. The maximum Gasteiger partial charge on any atom is 0.222 e. The van der Waals surface area contributed by atoms with Gasteiger partial charge in [-0.2, -0.15) is 9.61 Å². The van der Waals surface area contributed by atoms with Gasteiger partial charge >= 0.3 is 0 Å². The summed E-state index contributed by atoms with van der Waals surface area (Å²) in [5, 5.41) is 15.9. The van der Waals surface area contributed by atoms with Gasteiger partial charge in [0.1, 0.15) is 6.33 Å². The number of piperidine rings is 1. The lowest BCUT2D eigenvalue weighted by atomic mass is 10.1. The molecule has 0 aliphatic carbocycles. The van der Waals surface area contributed by atoms with Crippen molar-refractivity contribution in [3.8, 4) is 0 Å². The van der Waals surface area contributed by atoms with Crippen LogP contribution in [0.4, 0.5) is 5.69 Å². The lowest BCUT2D eigenvalue weighted by Crippen LogP contribution is -2.38. The summed E-state index contributed by atoms with van der Waals surface area (Å²) < 4.78 is 1.70. The number of anilines is 1. The number of amides is 1. The highest BCUT2D eigenvalue weighted by molar-refractivity contribution is 5.76. The van der Waals surface area contributed by atoms with Crippen molar-refractivity contribution in [2.24, 2.45) is 0 Å². The molecule has 1 fully saturated rings. The van der Waals surface area contributed by atoms with E-state index in [0.29, 0.717) is 18.9 Å². The van der Waals surface area contributed by atoms with Crippen LogP contribution in [0, 0.1) is 0 Å². The molecular formula is C15H22N6O. The highest BCUT2D eigenvalue weighted by atomic mass is 16.2. The SMILES string of the molecule is CC(C)c1cc(NCCN2CCCCC2=O)c2nncn2n1. The summed E-state index contributed by atoms with van der Waals surface area (Å²) in [7, 11) is 0. The molecule has 0 unspecified atom stereocenters. The van der Waals surface area contributed by atoms with Crippen LogP contribution in [0.5, 0.6) is 0 Å². The zero-order valence-corrected chi connectivity index (χ0v) is 13.1. The molecule has 1 N–H and O–H groups in total. The van der Waals surface area contributed by atoms with Crippen molar-refractivity contribution in [3.63, 3.8) is 0 Å². The molecule has 0 saturated carbocycles. The maximum atomic E-state index is 11.8. The number of hydrogen-bond donors (Lipinski definition) is 1. The van der Waals surface area contributed by atoms with Crippen LogP contribution in [0.25, 0.3) is 5.65 Å². The number of likely N-dealkylation sites (tertiary alicyclic amines) is 1. The molecule has 0 atom stereocenters. The Kier molecular flexibility index (Phi) is 4.22. The predicted molar refractivity (Wildman–Crippen MR) is 83.8 cm³/mol. The summed E-state index contributed by atoms with van der Waals surface area (Å²) in [6.45, 7) is 6.51. The van der Waals surface area contributed by atoms with E-state index in [4.69, 9.17) is 0 Å². The quantitative estimate of drug-likeness (QED) is 0.909. The third-order valence-corrected chi connectivity index (χ3v) is 4.00. The molecule has 1 aliphatic heterocycles. The van der Waals surface area contributed by atoms with Crippen molar-refractivity contribution in [1.82, 2.24) is 24.7 Å². The number of nitrogens with one attached hydrogen (secondary N) is 1. The van der Waals surface area contributed by atoms with Crippen molar-refractivity contribution >= 4 is 17.2 Å². The lowest BCUT2D eigenvalue weighted by Gasteiger charge is -2.26. The summed E-state index contributed by atoms with van der Waals surface area (Å²) in [4.78, 5) is 13.7. The molecule has 2 aromatic heterocycles. The molecule has 1 aliphatic rings. The van der Waals surface area contributed by atoms with Crippen LogP contribution in [-0.4, -0.2) is 50.3 Å². The van der Waals surface area contributed by atoms with Gasteiger partial charge in [-0.05, 0) is 24.8 Å². The van der Waals surface area contributed by atoms with Crippen LogP contribution in [0.15, 0.2) is 12.4 Å². The van der Waals surface area contributed by atoms with E-state index in [2.05, 4.69) is 34.5 Å². The first kappa shape index (κ1) is 14.7. The van der Waals surface area contributed by atoms with Gasteiger partial charge in [0, 0.05) is 26.1 Å². The summed E-state index contributed by atoms with van der Waals surface area (Å²) >= 11 is 0. The van der Waals surface area contributed by atoms with Crippen LogP contribution >= 0.6 is 0 Å². The van der Waals surface area contributed by atoms with E-state index in [1.165, 1.54) is 0 Å². The molecule has 1 saturated heterocycles. The van der Waals surface area contributed by atoms with Gasteiger partial charge in [-0.1, -0.05) is 13.8 Å². The Morgan fingerprint density at radius 3 is 3.00 bits per heavy atom. The average molecular weight is 302 g/mol. The molecule has 3 heterocycles. The third-order valence-electron chi connectivity index (χ3n) is 4.00. The maximum absolute atomic E-state index is 11.8. The van der Waals surface area contributed by atoms with Crippen LogP contribution in [-0.2, 0) is 4.79 Å². The van der Waals surface area contributed by atoms with Gasteiger partial charge in [0.05, 0.1) is 11.4 Å². The van der Waals surface area contributed by atoms with E-state index in [9.17, 15) is 4.79 Å². The minimum Gasteiger partial charge on any atom is -0.380 e. The molecule has 0 radical (unpaired) electrons. The topological polar surface area (TPSA) is 75.4 Å². The normalized spacial score (nSPS) is 15.8. The monoisotopic (exact) mass is 302 g/mol. The minimum absolute atomic E-state index is 0.262. The van der Waals surface area contributed by atoms with Gasteiger partial charge in [0.25, 0.3) is 0 Å². The number of nitrogens with zero attached hydrogens (tertiary/aromatic N) is 5. The van der Waals surface area contributed by atoms with E-state index >= 15 is 0 Å². The average Bonchev–Trinajstić information content (AvgIpc) is 2.97. The third kappa shape index (κ3) is 3.03. The van der Waals surface area contributed by atoms with Gasteiger partial charge in [-0.25, -0.2) is 0 Å². The first-order valence-electron chi connectivity index (χ1n) is 7.88. The van der Waals surface area contributed by atoms with Gasteiger partial charge in [0.2, 0.25) is 11.6 Å². The molecule has 118 valence electrons.